The molecule has 0 radical (unpaired) electrons. The number of hydrogen-bond acceptors (Lipinski definition) is 5. The third-order valence-electron chi connectivity index (χ3n) is 2.88. The van der Waals surface area contributed by atoms with Gasteiger partial charge in [-0.15, -0.1) is 5.73 Å². The van der Waals surface area contributed by atoms with Gasteiger partial charge in [0.25, 0.3) is 0 Å². The number of halogens is 1. The standard InChI is InChI=1S/C15H19BrO5/c16-11-4-5-15(21)13(7-11)14(20)3-1-2-10(8-17)6-12(19)9-18/h1,4-5,7,12,14,17-21H,3,6,8-9H2/t2?,12-,14-/m1/s1. The van der Waals surface area contributed by atoms with E-state index in [2.05, 4.69) is 21.7 Å². The topological polar surface area (TPSA) is 101 Å². The van der Waals surface area contributed by atoms with E-state index in [1.807, 2.05) is 0 Å². The second-order valence-corrected chi connectivity index (χ2v) is 5.52. The SMILES string of the molecule is OCC(=C=CC[C@@H](O)c1cc(Br)ccc1O)C[C@@H](O)CO. The summed E-state index contributed by atoms with van der Waals surface area (Å²) in [6.45, 7) is -0.675. The van der Waals surface area contributed by atoms with Gasteiger partial charge in [0.05, 0.1) is 25.4 Å². The van der Waals surface area contributed by atoms with Crippen LogP contribution in [0, 0.1) is 0 Å². The lowest BCUT2D eigenvalue weighted by atomic mass is 10.0. The summed E-state index contributed by atoms with van der Waals surface area (Å²) < 4.78 is 0.746. The molecule has 116 valence electrons. The van der Waals surface area contributed by atoms with Crippen LogP contribution >= 0.6 is 15.9 Å². The Labute approximate surface area is 131 Å². The van der Waals surface area contributed by atoms with Crippen LogP contribution in [0.25, 0.3) is 0 Å². The predicted molar refractivity (Wildman–Crippen MR) is 81.8 cm³/mol. The van der Waals surface area contributed by atoms with Gasteiger partial charge in [0.1, 0.15) is 5.75 Å². The van der Waals surface area contributed by atoms with Gasteiger partial charge in [-0.3, -0.25) is 0 Å². The van der Waals surface area contributed by atoms with E-state index in [1.165, 1.54) is 12.1 Å². The van der Waals surface area contributed by atoms with Crippen molar-refractivity contribution in [3.63, 3.8) is 0 Å². The molecule has 0 spiro atoms. The van der Waals surface area contributed by atoms with E-state index in [0.717, 1.165) is 4.47 Å². The van der Waals surface area contributed by atoms with Crippen LogP contribution in [0.2, 0.25) is 0 Å². The minimum atomic E-state index is -0.938. The van der Waals surface area contributed by atoms with E-state index in [0.29, 0.717) is 11.1 Å². The molecule has 0 fully saturated rings. The Kier molecular flexibility index (Phi) is 7.67. The smallest absolute Gasteiger partial charge is 0.121 e. The van der Waals surface area contributed by atoms with Crippen molar-refractivity contribution in [2.24, 2.45) is 0 Å². The predicted octanol–water partition coefficient (Wildman–Crippen LogP) is 1.40. The van der Waals surface area contributed by atoms with Gasteiger partial charge < -0.3 is 25.5 Å². The normalized spacial score (nSPS) is 13.4. The maximum atomic E-state index is 10.0. The average Bonchev–Trinajstić information content (AvgIpc) is 2.48. The van der Waals surface area contributed by atoms with Gasteiger partial charge in [-0.05, 0) is 29.8 Å². The van der Waals surface area contributed by atoms with Crippen LogP contribution in [0.5, 0.6) is 5.75 Å². The molecule has 0 aliphatic rings. The van der Waals surface area contributed by atoms with Gasteiger partial charge in [-0.25, -0.2) is 0 Å². The highest BCUT2D eigenvalue weighted by Crippen LogP contribution is 2.29. The second kappa shape index (κ2) is 9.00. The lowest BCUT2D eigenvalue weighted by Gasteiger charge is -2.10. The van der Waals surface area contributed by atoms with Gasteiger partial charge in [-0.2, -0.15) is 0 Å². The molecule has 21 heavy (non-hydrogen) atoms. The van der Waals surface area contributed by atoms with E-state index in [1.54, 1.807) is 12.1 Å². The third-order valence-corrected chi connectivity index (χ3v) is 3.37. The molecule has 0 bridgehead atoms. The van der Waals surface area contributed by atoms with Gasteiger partial charge in [0, 0.05) is 22.9 Å². The number of phenolic OH excluding ortho intramolecular Hbond substituents is 1. The molecule has 0 aromatic heterocycles. The Balaban J connectivity index is 2.75. The summed E-state index contributed by atoms with van der Waals surface area (Å²) in [5, 5.41) is 46.9. The molecule has 6 heteroatoms. The minimum Gasteiger partial charge on any atom is -0.508 e. The summed E-state index contributed by atoms with van der Waals surface area (Å²) >= 11 is 3.27. The number of hydrogen-bond donors (Lipinski definition) is 5. The van der Waals surface area contributed by atoms with E-state index in [4.69, 9.17) is 10.2 Å². The molecule has 0 amide bonds. The number of aliphatic hydroxyl groups is 4. The Bertz CT molecular complexity index is 523. The molecule has 0 heterocycles. The van der Waals surface area contributed by atoms with Gasteiger partial charge in [0.15, 0.2) is 0 Å². The van der Waals surface area contributed by atoms with Crippen molar-refractivity contribution in [3.05, 3.63) is 45.6 Å². The van der Waals surface area contributed by atoms with Gasteiger partial charge >= 0.3 is 0 Å². The first kappa shape index (κ1) is 17.9. The zero-order valence-corrected chi connectivity index (χ0v) is 13.0. The minimum absolute atomic E-state index is 0.00108. The Morgan fingerprint density at radius 2 is 2.00 bits per heavy atom. The second-order valence-electron chi connectivity index (χ2n) is 4.61. The number of aliphatic hydroxyl groups excluding tert-OH is 4. The zero-order valence-electron chi connectivity index (χ0n) is 11.4. The number of aromatic hydroxyl groups is 1. The average molecular weight is 359 g/mol. The number of benzene rings is 1. The molecule has 1 aromatic carbocycles. The van der Waals surface area contributed by atoms with Crippen molar-refractivity contribution < 1.29 is 25.5 Å². The molecule has 0 aliphatic carbocycles. The molecule has 0 saturated carbocycles. The lowest BCUT2D eigenvalue weighted by Crippen LogP contribution is -2.13. The summed E-state index contributed by atoms with van der Waals surface area (Å²) in [6, 6.07) is 4.78. The highest BCUT2D eigenvalue weighted by molar-refractivity contribution is 9.10. The van der Waals surface area contributed by atoms with Crippen molar-refractivity contribution in [1.29, 1.82) is 0 Å². The Morgan fingerprint density at radius 3 is 2.62 bits per heavy atom. The first-order valence-electron chi connectivity index (χ1n) is 6.47. The fraction of sp³-hybridized carbons (Fsp3) is 0.400. The molecule has 5 nitrogen and oxygen atoms in total. The maximum absolute atomic E-state index is 10.0. The molecule has 1 rings (SSSR count). The lowest BCUT2D eigenvalue weighted by molar-refractivity contribution is 0.0930. The Hall–Kier alpha value is -1.14. The number of phenols is 1. The molecule has 0 unspecified atom stereocenters. The van der Waals surface area contributed by atoms with Gasteiger partial charge in [-0.1, -0.05) is 15.9 Å². The van der Waals surface area contributed by atoms with Crippen LogP contribution in [-0.4, -0.2) is 44.9 Å². The number of rotatable bonds is 7. The van der Waals surface area contributed by atoms with Crippen molar-refractivity contribution in [1.82, 2.24) is 0 Å². The molecular formula is C15H19BrO5. The molecule has 0 saturated heterocycles. The molecule has 5 N–H and O–H groups in total. The first-order chi connectivity index (χ1) is 9.97. The van der Waals surface area contributed by atoms with Crippen molar-refractivity contribution in [2.75, 3.05) is 13.2 Å². The van der Waals surface area contributed by atoms with Crippen molar-refractivity contribution in [2.45, 2.75) is 25.0 Å². The summed E-state index contributed by atoms with van der Waals surface area (Å²) in [5.41, 5.74) is 3.61. The van der Waals surface area contributed by atoms with Crippen LogP contribution in [0.15, 0.2) is 40.1 Å². The summed E-state index contributed by atoms with van der Waals surface area (Å²) in [6.07, 6.45) is -0.00436. The molecular weight excluding hydrogens is 340 g/mol. The molecule has 0 aliphatic heterocycles. The fourth-order valence-electron chi connectivity index (χ4n) is 1.75. The summed E-state index contributed by atoms with van der Waals surface area (Å²) in [4.78, 5) is 0. The van der Waals surface area contributed by atoms with E-state index < -0.39 is 12.2 Å². The van der Waals surface area contributed by atoms with Crippen LogP contribution in [0.4, 0.5) is 0 Å². The summed E-state index contributed by atoms with van der Waals surface area (Å²) in [5.74, 6) is 0.00108. The van der Waals surface area contributed by atoms with E-state index >= 15 is 0 Å². The Morgan fingerprint density at radius 1 is 1.29 bits per heavy atom. The van der Waals surface area contributed by atoms with Crippen LogP contribution < -0.4 is 0 Å². The molecule has 2 atom stereocenters. The largest absolute Gasteiger partial charge is 0.508 e. The first-order valence-corrected chi connectivity index (χ1v) is 7.26. The van der Waals surface area contributed by atoms with Crippen LogP contribution in [-0.2, 0) is 0 Å². The summed E-state index contributed by atoms with van der Waals surface area (Å²) in [7, 11) is 0. The van der Waals surface area contributed by atoms with Crippen LogP contribution in [0.3, 0.4) is 0 Å². The monoisotopic (exact) mass is 358 g/mol. The van der Waals surface area contributed by atoms with E-state index in [9.17, 15) is 15.3 Å². The van der Waals surface area contributed by atoms with E-state index in [-0.39, 0.29) is 31.8 Å². The van der Waals surface area contributed by atoms with Crippen molar-refractivity contribution in [3.8, 4) is 5.75 Å². The highest BCUT2D eigenvalue weighted by atomic mass is 79.9. The fourth-order valence-corrected chi connectivity index (χ4v) is 2.13. The van der Waals surface area contributed by atoms with Crippen LogP contribution in [0.1, 0.15) is 24.5 Å². The van der Waals surface area contributed by atoms with Crippen molar-refractivity contribution >= 4 is 15.9 Å². The highest BCUT2D eigenvalue weighted by Gasteiger charge is 2.11. The maximum Gasteiger partial charge on any atom is 0.121 e. The third kappa shape index (κ3) is 6.01. The van der Waals surface area contributed by atoms with Gasteiger partial charge in [0.2, 0.25) is 0 Å². The zero-order chi connectivity index (χ0) is 15.8. The molecule has 1 aromatic rings. The quantitative estimate of drug-likeness (QED) is 0.474.